The van der Waals surface area contributed by atoms with Crippen LogP contribution in [0.2, 0.25) is 0 Å². The van der Waals surface area contributed by atoms with Gasteiger partial charge >= 0.3 is 0 Å². The molecule has 0 radical (unpaired) electrons. The number of nitrogens with one attached hydrogen (secondary N) is 1. The summed E-state index contributed by atoms with van der Waals surface area (Å²) in [5, 5.41) is 3.69. The van der Waals surface area contributed by atoms with Gasteiger partial charge in [0.25, 0.3) is 0 Å². The van der Waals surface area contributed by atoms with Crippen molar-refractivity contribution in [3.05, 3.63) is 30.1 Å². The van der Waals surface area contributed by atoms with E-state index >= 15 is 0 Å². The molecule has 29 heavy (non-hydrogen) atoms. The van der Waals surface area contributed by atoms with E-state index in [2.05, 4.69) is 39.0 Å². The molecule has 5 rings (SSSR count). The number of aromatic nitrogens is 2. The Morgan fingerprint density at radius 1 is 0.862 bits per heavy atom. The fourth-order valence-corrected chi connectivity index (χ4v) is 6.05. The van der Waals surface area contributed by atoms with E-state index in [0.717, 1.165) is 12.5 Å². The molecule has 0 bridgehead atoms. The molecule has 0 spiro atoms. The first kappa shape index (κ1) is 19.6. The van der Waals surface area contributed by atoms with Crippen molar-refractivity contribution < 1.29 is 0 Å². The zero-order valence-electron chi connectivity index (χ0n) is 18.0. The Hall–Kier alpha value is -1.39. The molecule has 1 N–H and O–H groups in total. The molecule has 1 saturated carbocycles. The average Bonchev–Trinajstić information content (AvgIpc) is 3.38. The van der Waals surface area contributed by atoms with Gasteiger partial charge in [-0.1, -0.05) is 44.2 Å². The van der Waals surface area contributed by atoms with Gasteiger partial charge in [0.2, 0.25) is 0 Å². The van der Waals surface area contributed by atoms with Crippen LogP contribution in [-0.2, 0) is 0 Å². The number of hydrogen-bond donors (Lipinski definition) is 1. The van der Waals surface area contributed by atoms with Gasteiger partial charge in [0.15, 0.2) is 0 Å². The summed E-state index contributed by atoms with van der Waals surface area (Å²) in [5.74, 6) is 2.24. The van der Waals surface area contributed by atoms with Crippen LogP contribution in [0.4, 0.5) is 0 Å². The van der Waals surface area contributed by atoms with Crippen molar-refractivity contribution in [2.75, 3.05) is 26.2 Å². The van der Waals surface area contributed by atoms with Gasteiger partial charge in [-0.2, -0.15) is 0 Å². The Labute approximate surface area is 176 Å². The molecule has 4 heteroatoms. The van der Waals surface area contributed by atoms with Crippen LogP contribution in [0.1, 0.15) is 88.5 Å². The van der Waals surface area contributed by atoms with Gasteiger partial charge in [-0.15, -0.1) is 0 Å². The fourth-order valence-electron chi connectivity index (χ4n) is 6.05. The highest BCUT2D eigenvalue weighted by Gasteiger charge is 2.29. The zero-order valence-corrected chi connectivity index (χ0v) is 18.0. The number of imidazole rings is 1. The Kier molecular flexibility index (Phi) is 6.19. The monoisotopic (exact) mass is 394 g/mol. The summed E-state index contributed by atoms with van der Waals surface area (Å²) in [6, 6.07) is 9.82. The summed E-state index contributed by atoms with van der Waals surface area (Å²) < 4.78 is 2.62. The standard InChI is InChI=1S/C25H38N4/c1-2-4-9-20(10-5-3-1)19-28-17-14-21(15-18-28)29-24-13-7-6-11-22(24)27-25(29)23-12-8-16-26-23/h6-7,11,13,20-21,23,26H,1-5,8-10,12,14-19H2/t23-/m0/s1. The van der Waals surface area contributed by atoms with E-state index in [-0.39, 0.29) is 0 Å². The minimum Gasteiger partial charge on any atom is -0.323 e. The number of fused-ring (bicyclic) bond motifs is 1. The summed E-state index contributed by atoms with van der Waals surface area (Å²) in [4.78, 5) is 7.86. The second-order valence-electron chi connectivity index (χ2n) is 9.72. The molecule has 0 unspecified atom stereocenters. The van der Waals surface area contributed by atoms with Crippen LogP contribution >= 0.6 is 0 Å². The van der Waals surface area contributed by atoms with Crippen molar-refractivity contribution in [3.63, 3.8) is 0 Å². The average molecular weight is 395 g/mol. The third kappa shape index (κ3) is 4.39. The highest BCUT2D eigenvalue weighted by Crippen LogP contribution is 2.34. The maximum atomic E-state index is 5.09. The lowest BCUT2D eigenvalue weighted by Gasteiger charge is -2.36. The smallest absolute Gasteiger partial charge is 0.127 e. The van der Waals surface area contributed by atoms with Crippen LogP contribution < -0.4 is 5.32 Å². The number of rotatable bonds is 4. The van der Waals surface area contributed by atoms with Gasteiger partial charge < -0.3 is 14.8 Å². The Morgan fingerprint density at radius 2 is 1.62 bits per heavy atom. The van der Waals surface area contributed by atoms with E-state index in [4.69, 9.17) is 4.98 Å². The van der Waals surface area contributed by atoms with Gasteiger partial charge in [-0.05, 0) is 63.1 Å². The van der Waals surface area contributed by atoms with E-state index in [9.17, 15) is 0 Å². The summed E-state index contributed by atoms with van der Waals surface area (Å²) in [6.07, 6.45) is 15.3. The van der Waals surface area contributed by atoms with Crippen molar-refractivity contribution in [1.82, 2.24) is 19.8 Å². The van der Waals surface area contributed by atoms with Crippen molar-refractivity contribution >= 4 is 11.0 Å². The Bertz CT molecular complexity index is 775. The molecular formula is C25H38N4. The zero-order chi connectivity index (χ0) is 19.5. The minimum absolute atomic E-state index is 0.440. The highest BCUT2D eigenvalue weighted by atomic mass is 15.2. The predicted octanol–water partition coefficient (Wildman–Crippen LogP) is 5.46. The molecule has 0 amide bonds. The number of piperidine rings is 1. The van der Waals surface area contributed by atoms with Crippen molar-refractivity contribution in [1.29, 1.82) is 0 Å². The van der Waals surface area contributed by atoms with Crippen molar-refractivity contribution in [3.8, 4) is 0 Å². The number of para-hydroxylation sites is 2. The van der Waals surface area contributed by atoms with E-state index in [0.29, 0.717) is 12.1 Å². The van der Waals surface area contributed by atoms with E-state index in [1.54, 1.807) is 0 Å². The molecule has 3 fully saturated rings. The van der Waals surface area contributed by atoms with Gasteiger partial charge in [0, 0.05) is 25.7 Å². The maximum Gasteiger partial charge on any atom is 0.127 e. The highest BCUT2D eigenvalue weighted by molar-refractivity contribution is 5.76. The summed E-state index contributed by atoms with van der Waals surface area (Å²) >= 11 is 0. The molecule has 4 nitrogen and oxygen atoms in total. The Balaban J connectivity index is 1.28. The molecule has 2 aromatic rings. The molecule has 3 heterocycles. The van der Waals surface area contributed by atoms with Gasteiger partial charge in [0.1, 0.15) is 5.82 Å². The van der Waals surface area contributed by atoms with Crippen LogP contribution in [0.15, 0.2) is 24.3 Å². The van der Waals surface area contributed by atoms with Gasteiger partial charge in [-0.3, -0.25) is 0 Å². The van der Waals surface area contributed by atoms with Crippen LogP contribution in [0.3, 0.4) is 0 Å². The first-order chi connectivity index (χ1) is 14.4. The molecule has 1 aromatic carbocycles. The summed E-state index contributed by atoms with van der Waals surface area (Å²) in [5.41, 5.74) is 2.52. The van der Waals surface area contributed by atoms with Crippen LogP contribution in [0.25, 0.3) is 11.0 Å². The largest absolute Gasteiger partial charge is 0.323 e. The molecule has 2 aliphatic heterocycles. The van der Waals surface area contributed by atoms with Crippen LogP contribution in [0.5, 0.6) is 0 Å². The predicted molar refractivity (Wildman–Crippen MR) is 120 cm³/mol. The third-order valence-corrected chi connectivity index (χ3v) is 7.66. The van der Waals surface area contributed by atoms with Gasteiger partial charge in [-0.25, -0.2) is 4.98 Å². The second-order valence-corrected chi connectivity index (χ2v) is 9.72. The first-order valence-electron chi connectivity index (χ1n) is 12.3. The quantitative estimate of drug-likeness (QED) is 0.748. The minimum atomic E-state index is 0.440. The number of benzene rings is 1. The van der Waals surface area contributed by atoms with Crippen molar-refractivity contribution in [2.45, 2.75) is 82.7 Å². The summed E-state index contributed by atoms with van der Waals surface area (Å²) in [7, 11) is 0. The number of hydrogen-bond acceptors (Lipinski definition) is 3. The molecule has 1 aliphatic carbocycles. The second kappa shape index (κ2) is 9.18. The molecule has 2 saturated heterocycles. The third-order valence-electron chi connectivity index (χ3n) is 7.66. The van der Waals surface area contributed by atoms with Crippen LogP contribution in [-0.4, -0.2) is 40.6 Å². The first-order valence-corrected chi connectivity index (χ1v) is 12.3. The Morgan fingerprint density at radius 3 is 2.38 bits per heavy atom. The molecule has 1 atom stereocenters. The van der Waals surface area contributed by atoms with Crippen LogP contribution in [0, 0.1) is 5.92 Å². The number of nitrogens with zero attached hydrogens (tertiary/aromatic N) is 3. The van der Waals surface area contributed by atoms with E-state index in [1.807, 2.05) is 0 Å². The van der Waals surface area contributed by atoms with Crippen molar-refractivity contribution in [2.24, 2.45) is 5.92 Å². The van der Waals surface area contributed by atoms with E-state index in [1.165, 1.54) is 107 Å². The molecule has 158 valence electrons. The van der Waals surface area contributed by atoms with Gasteiger partial charge in [0.05, 0.1) is 17.1 Å². The molecule has 1 aromatic heterocycles. The van der Waals surface area contributed by atoms with E-state index < -0.39 is 0 Å². The SMILES string of the molecule is c1ccc2c(c1)nc([C@@H]1CCCN1)n2C1CCN(CC2CCCCCCC2)CC1. The lowest BCUT2D eigenvalue weighted by atomic mass is 9.90. The lowest BCUT2D eigenvalue weighted by molar-refractivity contribution is 0.151. The number of likely N-dealkylation sites (tertiary alicyclic amines) is 1. The molecule has 3 aliphatic rings. The lowest BCUT2D eigenvalue weighted by Crippen LogP contribution is -2.38. The fraction of sp³-hybridized carbons (Fsp3) is 0.720. The molecular weight excluding hydrogens is 356 g/mol. The topological polar surface area (TPSA) is 33.1 Å². The normalized spacial score (nSPS) is 26.0. The summed E-state index contributed by atoms with van der Waals surface area (Å²) in [6.45, 7) is 4.98. The maximum absolute atomic E-state index is 5.09.